The minimum absolute atomic E-state index is 0.0311. The first kappa shape index (κ1) is 14.4. The minimum Gasteiger partial charge on any atom is -0.496 e. The Morgan fingerprint density at radius 2 is 1.85 bits per heavy atom. The Hall–Kier alpha value is -2.05. The van der Waals surface area contributed by atoms with Gasteiger partial charge in [-0.05, 0) is 24.3 Å². The number of ether oxygens (including phenoxy) is 1. The second kappa shape index (κ2) is 5.94. The maximum Gasteiger partial charge on any atom is 0.163 e. The van der Waals surface area contributed by atoms with Gasteiger partial charge in [-0.2, -0.15) is 0 Å². The molecule has 1 unspecified atom stereocenters. The Balaban J connectivity index is 2.58. The molecule has 2 rings (SSSR count). The second-order valence-electron chi connectivity index (χ2n) is 4.13. The predicted octanol–water partition coefficient (Wildman–Crippen LogP) is 2.67. The van der Waals surface area contributed by atoms with E-state index in [0.717, 1.165) is 12.1 Å². The van der Waals surface area contributed by atoms with E-state index >= 15 is 0 Å². The molecular formula is C14H13F3N2O. The Morgan fingerprint density at radius 1 is 1.10 bits per heavy atom. The van der Waals surface area contributed by atoms with Gasteiger partial charge in [0, 0.05) is 11.1 Å². The number of nitrogens with one attached hydrogen (secondary N) is 1. The molecule has 6 heteroatoms. The van der Waals surface area contributed by atoms with Crippen molar-refractivity contribution in [3.63, 3.8) is 0 Å². The fourth-order valence-electron chi connectivity index (χ4n) is 2.02. The number of hydrazine groups is 1. The number of nitrogens with two attached hydrogens (primary N) is 1. The van der Waals surface area contributed by atoms with E-state index in [2.05, 4.69) is 5.43 Å². The van der Waals surface area contributed by atoms with E-state index in [1.807, 2.05) is 0 Å². The van der Waals surface area contributed by atoms with Crippen LogP contribution in [0, 0.1) is 17.5 Å². The lowest BCUT2D eigenvalue weighted by Gasteiger charge is -2.20. The summed E-state index contributed by atoms with van der Waals surface area (Å²) in [6, 6.07) is 6.54. The topological polar surface area (TPSA) is 47.3 Å². The van der Waals surface area contributed by atoms with Crippen molar-refractivity contribution in [2.75, 3.05) is 7.11 Å². The molecule has 0 aliphatic rings. The molecule has 0 saturated carbocycles. The van der Waals surface area contributed by atoms with Crippen molar-refractivity contribution in [3.05, 3.63) is 65.0 Å². The molecule has 0 aliphatic heterocycles. The Morgan fingerprint density at radius 3 is 2.50 bits per heavy atom. The maximum atomic E-state index is 13.9. The maximum absolute atomic E-state index is 13.9. The van der Waals surface area contributed by atoms with Crippen molar-refractivity contribution in [2.45, 2.75) is 6.04 Å². The van der Waals surface area contributed by atoms with E-state index in [9.17, 15) is 13.2 Å². The van der Waals surface area contributed by atoms with Gasteiger partial charge < -0.3 is 4.74 Å². The summed E-state index contributed by atoms with van der Waals surface area (Å²) in [5, 5.41) is 0. The smallest absolute Gasteiger partial charge is 0.163 e. The quantitative estimate of drug-likeness (QED) is 0.669. The van der Waals surface area contributed by atoms with Gasteiger partial charge in [-0.3, -0.25) is 5.84 Å². The van der Waals surface area contributed by atoms with Crippen molar-refractivity contribution in [1.29, 1.82) is 0 Å². The fourth-order valence-corrected chi connectivity index (χ4v) is 2.02. The number of halogens is 3. The molecule has 20 heavy (non-hydrogen) atoms. The van der Waals surface area contributed by atoms with E-state index in [4.69, 9.17) is 10.6 Å². The Labute approximate surface area is 114 Å². The SMILES string of the molecule is COc1ccc(F)cc1C(NN)c1cccc(F)c1F. The van der Waals surface area contributed by atoms with Crippen LogP contribution >= 0.6 is 0 Å². The minimum atomic E-state index is -1.04. The molecule has 0 bridgehead atoms. The third kappa shape index (κ3) is 2.61. The lowest BCUT2D eigenvalue weighted by Crippen LogP contribution is -2.30. The van der Waals surface area contributed by atoms with E-state index in [-0.39, 0.29) is 11.1 Å². The van der Waals surface area contributed by atoms with Crippen molar-refractivity contribution in [1.82, 2.24) is 5.43 Å². The van der Waals surface area contributed by atoms with Crippen molar-refractivity contribution < 1.29 is 17.9 Å². The van der Waals surface area contributed by atoms with Crippen LogP contribution in [0.15, 0.2) is 36.4 Å². The number of rotatable bonds is 4. The summed E-state index contributed by atoms with van der Waals surface area (Å²) in [4.78, 5) is 0. The molecule has 0 radical (unpaired) electrons. The average Bonchev–Trinajstić information content (AvgIpc) is 2.44. The molecular weight excluding hydrogens is 269 g/mol. The molecule has 106 valence electrons. The molecule has 0 amide bonds. The van der Waals surface area contributed by atoms with Crippen LogP contribution in [0.1, 0.15) is 17.2 Å². The molecule has 1 atom stereocenters. The van der Waals surface area contributed by atoms with Crippen LogP contribution in [-0.4, -0.2) is 7.11 Å². The van der Waals surface area contributed by atoms with Gasteiger partial charge in [-0.25, -0.2) is 18.6 Å². The zero-order valence-electron chi connectivity index (χ0n) is 10.7. The van der Waals surface area contributed by atoms with Crippen molar-refractivity contribution in [3.8, 4) is 5.75 Å². The highest BCUT2D eigenvalue weighted by Gasteiger charge is 2.22. The summed E-state index contributed by atoms with van der Waals surface area (Å²) >= 11 is 0. The molecule has 0 fully saturated rings. The van der Waals surface area contributed by atoms with Gasteiger partial charge in [0.1, 0.15) is 11.6 Å². The third-order valence-electron chi connectivity index (χ3n) is 2.96. The summed E-state index contributed by atoms with van der Waals surface area (Å²) in [7, 11) is 1.40. The lowest BCUT2D eigenvalue weighted by molar-refractivity contribution is 0.400. The molecule has 0 heterocycles. The van der Waals surface area contributed by atoms with Gasteiger partial charge in [-0.15, -0.1) is 0 Å². The lowest BCUT2D eigenvalue weighted by atomic mass is 9.97. The zero-order chi connectivity index (χ0) is 14.7. The normalized spacial score (nSPS) is 12.2. The first-order chi connectivity index (χ1) is 9.58. The van der Waals surface area contributed by atoms with Crippen LogP contribution in [-0.2, 0) is 0 Å². The molecule has 0 aliphatic carbocycles. The molecule has 0 aromatic heterocycles. The summed E-state index contributed by atoms with van der Waals surface area (Å²) < 4.78 is 45.6. The first-order valence-corrected chi connectivity index (χ1v) is 5.82. The Bertz CT molecular complexity index is 619. The molecule has 0 saturated heterocycles. The molecule has 3 nitrogen and oxygen atoms in total. The van der Waals surface area contributed by atoms with E-state index < -0.39 is 23.5 Å². The van der Waals surface area contributed by atoms with Crippen LogP contribution in [0.2, 0.25) is 0 Å². The molecule has 3 N–H and O–H groups in total. The largest absolute Gasteiger partial charge is 0.496 e. The number of benzene rings is 2. The first-order valence-electron chi connectivity index (χ1n) is 5.82. The number of hydrogen-bond donors (Lipinski definition) is 2. The summed E-state index contributed by atoms with van der Waals surface area (Å²) in [5.41, 5.74) is 2.60. The van der Waals surface area contributed by atoms with Gasteiger partial charge >= 0.3 is 0 Å². The van der Waals surface area contributed by atoms with Crippen LogP contribution < -0.4 is 16.0 Å². The average molecular weight is 282 g/mol. The predicted molar refractivity (Wildman–Crippen MR) is 68.5 cm³/mol. The van der Waals surface area contributed by atoms with Crippen LogP contribution in [0.3, 0.4) is 0 Å². The highest BCUT2D eigenvalue weighted by atomic mass is 19.2. The van der Waals surface area contributed by atoms with E-state index in [1.54, 1.807) is 0 Å². The molecule has 0 spiro atoms. The second-order valence-corrected chi connectivity index (χ2v) is 4.13. The fraction of sp³-hybridized carbons (Fsp3) is 0.143. The van der Waals surface area contributed by atoms with Gasteiger partial charge in [0.25, 0.3) is 0 Å². The van der Waals surface area contributed by atoms with Gasteiger partial charge in [0.15, 0.2) is 11.6 Å². The number of hydrogen-bond acceptors (Lipinski definition) is 3. The summed E-state index contributed by atoms with van der Waals surface area (Å²) in [5.74, 6) is 3.16. The molecule has 2 aromatic rings. The van der Waals surface area contributed by atoms with Crippen LogP contribution in [0.5, 0.6) is 5.75 Å². The van der Waals surface area contributed by atoms with Gasteiger partial charge in [0.2, 0.25) is 0 Å². The van der Waals surface area contributed by atoms with Gasteiger partial charge in [0.05, 0.1) is 13.2 Å². The van der Waals surface area contributed by atoms with Crippen molar-refractivity contribution >= 4 is 0 Å². The van der Waals surface area contributed by atoms with E-state index in [0.29, 0.717) is 5.75 Å². The monoisotopic (exact) mass is 282 g/mol. The number of methoxy groups -OCH3 is 1. The molecule has 2 aromatic carbocycles. The highest BCUT2D eigenvalue weighted by molar-refractivity contribution is 5.42. The standard InChI is InChI=1S/C14H13F3N2O/c1-20-12-6-5-8(15)7-10(12)14(19-18)9-3-2-4-11(16)13(9)17/h2-7,14,19H,18H2,1H3. The Kier molecular flexibility index (Phi) is 4.26. The summed E-state index contributed by atoms with van der Waals surface area (Å²) in [6.45, 7) is 0. The van der Waals surface area contributed by atoms with Crippen molar-refractivity contribution in [2.24, 2.45) is 5.84 Å². The van der Waals surface area contributed by atoms with E-state index in [1.165, 1.54) is 31.4 Å². The third-order valence-corrected chi connectivity index (χ3v) is 2.96. The summed E-state index contributed by atoms with van der Waals surface area (Å²) in [6.07, 6.45) is 0. The van der Waals surface area contributed by atoms with Crippen LogP contribution in [0.4, 0.5) is 13.2 Å². The van der Waals surface area contributed by atoms with Crippen LogP contribution in [0.25, 0.3) is 0 Å². The highest BCUT2D eigenvalue weighted by Crippen LogP contribution is 2.32. The van der Waals surface area contributed by atoms with Gasteiger partial charge in [-0.1, -0.05) is 12.1 Å². The zero-order valence-corrected chi connectivity index (χ0v) is 10.7.